The first-order valence-electron chi connectivity index (χ1n) is 2.93. The molecule has 4 heteroatoms. The van der Waals surface area contributed by atoms with Crippen molar-refractivity contribution in [2.45, 2.75) is 19.9 Å². The van der Waals surface area contributed by atoms with E-state index in [9.17, 15) is 4.79 Å². The summed E-state index contributed by atoms with van der Waals surface area (Å²) in [7, 11) is 1.35. The highest BCUT2D eigenvalue weighted by molar-refractivity contribution is 7.80. The van der Waals surface area contributed by atoms with E-state index in [1.54, 1.807) is 13.8 Å². The van der Waals surface area contributed by atoms with Crippen molar-refractivity contribution in [1.82, 2.24) is 5.32 Å². The first-order chi connectivity index (χ1) is 4.57. The SMILES string of the molecule is COC(=O)[C@H](C)NC(C)=S. The third-order valence-corrected chi connectivity index (χ3v) is 1.09. The maximum Gasteiger partial charge on any atom is 0.327 e. The highest BCUT2D eigenvalue weighted by atomic mass is 32.1. The van der Waals surface area contributed by atoms with Gasteiger partial charge in [-0.25, -0.2) is 4.79 Å². The Morgan fingerprint density at radius 2 is 2.20 bits per heavy atom. The van der Waals surface area contributed by atoms with Gasteiger partial charge in [-0.05, 0) is 13.8 Å². The van der Waals surface area contributed by atoms with Crippen molar-refractivity contribution in [2.24, 2.45) is 0 Å². The van der Waals surface area contributed by atoms with Gasteiger partial charge in [0.25, 0.3) is 0 Å². The molecule has 0 aliphatic rings. The van der Waals surface area contributed by atoms with Gasteiger partial charge in [-0.3, -0.25) is 0 Å². The Kier molecular flexibility index (Phi) is 3.95. The number of carbonyl (C=O) groups excluding carboxylic acids is 1. The Bertz CT molecular complexity index is 147. The van der Waals surface area contributed by atoms with E-state index < -0.39 is 0 Å². The largest absolute Gasteiger partial charge is 0.467 e. The van der Waals surface area contributed by atoms with Crippen LogP contribution in [-0.2, 0) is 9.53 Å². The molecule has 0 unspecified atom stereocenters. The summed E-state index contributed by atoms with van der Waals surface area (Å²) in [5, 5.41) is 2.75. The number of hydrogen-bond acceptors (Lipinski definition) is 3. The quantitative estimate of drug-likeness (QED) is 0.472. The highest BCUT2D eigenvalue weighted by Gasteiger charge is 2.11. The fraction of sp³-hybridized carbons (Fsp3) is 0.667. The average molecular weight is 161 g/mol. The third-order valence-electron chi connectivity index (χ3n) is 0.975. The van der Waals surface area contributed by atoms with Crippen LogP contribution in [0.4, 0.5) is 0 Å². The van der Waals surface area contributed by atoms with Crippen molar-refractivity contribution in [2.75, 3.05) is 7.11 Å². The molecule has 0 saturated heterocycles. The smallest absolute Gasteiger partial charge is 0.327 e. The van der Waals surface area contributed by atoms with Gasteiger partial charge in [0, 0.05) is 0 Å². The van der Waals surface area contributed by atoms with Crippen LogP contribution in [0.25, 0.3) is 0 Å². The number of esters is 1. The zero-order valence-corrected chi connectivity index (χ0v) is 7.12. The minimum atomic E-state index is -0.345. The first-order valence-corrected chi connectivity index (χ1v) is 3.33. The number of thiocarbonyl (C=S) groups is 1. The van der Waals surface area contributed by atoms with Crippen LogP contribution in [0, 0.1) is 0 Å². The van der Waals surface area contributed by atoms with Crippen LogP contribution >= 0.6 is 12.2 Å². The van der Waals surface area contributed by atoms with Gasteiger partial charge in [-0.1, -0.05) is 12.2 Å². The lowest BCUT2D eigenvalue weighted by atomic mass is 10.3. The van der Waals surface area contributed by atoms with E-state index in [0.29, 0.717) is 4.99 Å². The van der Waals surface area contributed by atoms with Gasteiger partial charge in [0.05, 0.1) is 12.1 Å². The zero-order chi connectivity index (χ0) is 8.15. The van der Waals surface area contributed by atoms with Crippen LogP contribution in [-0.4, -0.2) is 24.1 Å². The van der Waals surface area contributed by atoms with Crippen molar-refractivity contribution in [3.05, 3.63) is 0 Å². The third kappa shape index (κ3) is 3.40. The number of ether oxygens (including phenoxy) is 1. The molecule has 0 amide bonds. The summed E-state index contributed by atoms with van der Waals surface area (Å²) in [6.45, 7) is 3.41. The lowest BCUT2D eigenvalue weighted by Gasteiger charge is -2.10. The van der Waals surface area contributed by atoms with E-state index in [1.807, 2.05) is 0 Å². The van der Waals surface area contributed by atoms with Crippen LogP contribution in [0.15, 0.2) is 0 Å². The Balaban J connectivity index is 3.72. The Morgan fingerprint density at radius 1 is 1.70 bits per heavy atom. The molecule has 0 spiro atoms. The molecule has 0 radical (unpaired) electrons. The first kappa shape index (κ1) is 9.36. The molecule has 0 saturated carbocycles. The lowest BCUT2D eigenvalue weighted by Crippen LogP contribution is -2.36. The predicted molar refractivity (Wildman–Crippen MR) is 42.9 cm³/mol. The molecule has 1 N–H and O–H groups in total. The number of carbonyl (C=O) groups is 1. The summed E-state index contributed by atoms with van der Waals surface area (Å²) in [5.74, 6) is -0.302. The Labute approximate surface area is 65.7 Å². The summed E-state index contributed by atoms with van der Waals surface area (Å²) >= 11 is 4.72. The molecule has 0 aromatic heterocycles. The van der Waals surface area contributed by atoms with Crippen LogP contribution in [0.5, 0.6) is 0 Å². The summed E-state index contributed by atoms with van der Waals surface area (Å²) in [5.41, 5.74) is 0. The number of nitrogens with one attached hydrogen (secondary N) is 1. The van der Waals surface area contributed by atoms with Gasteiger partial charge in [-0.15, -0.1) is 0 Å². The minimum Gasteiger partial charge on any atom is -0.467 e. The van der Waals surface area contributed by atoms with Gasteiger partial charge < -0.3 is 10.1 Å². The fourth-order valence-electron chi connectivity index (χ4n) is 0.541. The number of methoxy groups -OCH3 is 1. The molecule has 0 aromatic carbocycles. The van der Waals surface area contributed by atoms with E-state index in [0.717, 1.165) is 0 Å². The summed E-state index contributed by atoms with van der Waals surface area (Å²) in [6, 6.07) is -0.345. The molecule has 10 heavy (non-hydrogen) atoms. The van der Waals surface area contributed by atoms with Gasteiger partial charge in [0.15, 0.2) is 0 Å². The molecule has 1 atom stereocenters. The van der Waals surface area contributed by atoms with Gasteiger partial charge in [0.1, 0.15) is 6.04 Å². The number of hydrogen-bond donors (Lipinski definition) is 1. The molecule has 0 bridgehead atoms. The van der Waals surface area contributed by atoms with Crippen LogP contribution in [0.1, 0.15) is 13.8 Å². The second kappa shape index (κ2) is 4.22. The maximum atomic E-state index is 10.7. The number of rotatable bonds is 2. The Hall–Kier alpha value is -0.640. The van der Waals surface area contributed by atoms with Crippen LogP contribution < -0.4 is 5.32 Å². The van der Waals surface area contributed by atoms with Crippen LogP contribution in [0.2, 0.25) is 0 Å². The zero-order valence-electron chi connectivity index (χ0n) is 6.30. The molecule has 3 nitrogen and oxygen atoms in total. The van der Waals surface area contributed by atoms with Crippen molar-refractivity contribution >= 4 is 23.2 Å². The molecular weight excluding hydrogens is 150 g/mol. The molecule has 0 aromatic rings. The summed E-state index contributed by atoms with van der Waals surface area (Å²) < 4.78 is 4.45. The maximum absolute atomic E-state index is 10.7. The molecule has 0 aliphatic heterocycles. The Morgan fingerprint density at radius 3 is 2.50 bits per heavy atom. The average Bonchev–Trinajstić information content (AvgIpc) is 1.85. The normalized spacial score (nSPS) is 11.9. The fourth-order valence-corrected chi connectivity index (χ4v) is 0.717. The predicted octanol–water partition coefficient (Wildman–Crippen LogP) is 0.485. The van der Waals surface area contributed by atoms with Gasteiger partial charge >= 0.3 is 5.97 Å². The van der Waals surface area contributed by atoms with Crippen molar-refractivity contribution in [3.8, 4) is 0 Å². The van der Waals surface area contributed by atoms with E-state index in [2.05, 4.69) is 10.1 Å². The molecule has 0 heterocycles. The standard InChI is InChI=1S/C6H11NO2S/c1-4(6(8)9-3)7-5(2)10/h4H,1-3H3,(H,7,10)/t4-/m0/s1. The molecule has 58 valence electrons. The summed E-state index contributed by atoms with van der Waals surface area (Å²) in [4.78, 5) is 11.3. The van der Waals surface area contributed by atoms with E-state index in [-0.39, 0.29) is 12.0 Å². The molecule has 0 rings (SSSR count). The van der Waals surface area contributed by atoms with Crippen LogP contribution in [0.3, 0.4) is 0 Å². The lowest BCUT2D eigenvalue weighted by molar-refractivity contribution is -0.142. The monoisotopic (exact) mass is 161 g/mol. The molecule has 0 fully saturated rings. The molecule has 0 aliphatic carbocycles. The minimum absolute atomic E-state index is 0.302. The van der Waals surface area contributed by atoms with E-state index in [1.165, 1.54) is 7.11 Å². The second-order valence-electron chi connectivity index (χ2n) is 1.95. The topological polar surface area (TPSA) is 38.3 Å². The van der Waals surface area contributed by atoms with Crippen molar-refractivity contribution in [1.29, 1.82) is 0 Å². The van der Waals surface area contributed by atoms with Gasteiger partial charge in [-0.2, -0.15) is 0 Å². The van der Waals surface area contributed by atoms with Crippen molar-refractivity contribution < 1.29 is 9.53 Å². The van der Waals surface area contributed by atoms with Crippen molar-refractivity contribution in [3.63, 3.8) is 0 Å². The summed E-state index contributed by atoms with van der Waals surface area (Å²) in [6.07, 6.45) is 0. The van der Waals surface area contributed by atoms with E-state index in [4.69, 9.17) is 12.2 Å². The van der Waals surface area contributed by atoms with E-state index >= 15 is 0 Å². The highest BCUT2D eigenvalue weighted by Crippen LogP contribution is 1.85. The molecular formula is C6H11NO2S. The second-order valence-corrected chi connectivity index (χ2v) is 2.56. The van der Waals surface area contributed by atoms with Gasteiger partial charge in [0.2, 0.25) is 0 Å².